The van der Waals surface area contributed by atoms with E-state index >= 15 is 0 Å². The van der Waals surface area contributed by atoms with Crippen LogP contribution >= 0.6 is 0 Å². The van der Waals surface area contributed by atoms with Crippen LogP contribution in [0.5, 0.6) is 5.75 Å². The second-order valence-corrected chi connectivity index (χ2v) is 7.87. The highest BCUT2D eigenvalue weighted by Gasteiger charge is 2.19. The molecule has 1 atom stereocenters. The van der Waals surface area contributed by atoms with E-state index in [4.69, 9.17) is 9.47 Å². The fraction of sp³-hybridized carbons (Fsp3) is 0.565. The number of hydrogen-bond acceptors (Lipinski definition) is 6. The van der Waals surface area contributed by atoms with Crippen LogP contribution in [-0.2, 0) is 4.74 Å². The van der Waals surface area contributed by atoms with Gasteiger partial charge in [0.25, 0.3) is 0 Å². The molecule has 0 aliphatic carbocycles. The summed E-state index contributed by atoms with van der Waals surface area (Å²) in [5.41, 5.74) is -0.222. The Morgan fingerprint density at radius 1 is 1.29 bits per heavy atom. The van der Waals surface area contributed by atoms with Crippen molar-refractivity contribution in [3.05, 3.63) is 35.5 Å². The molecule has 0 unspecified atom stereocenters. The third-order valence-electron chi connectivity index (χ3n) is 5.38. The lowest BCUT2D eigenvalue weighted by Crippen LogP contribution is -2.46. The van der Waals surface area contributed by atoms with Gasteiger partial charge in [-0.2, -0.15) is 0 Å². The van der Waals surface area contributed by atoms with Crippen molar-refractivity contribution >= 4 is 17.2 Å². The maximum absolute atomic E-state index is 13.8. The SMILES string of the molecule is CC(C)N(C)[C@@H]1CCCNC1.COCCCOc1cc(C=O)nc2c(F)ccc(F)c12. The summed E-state index contributed by atoms with van der Waals surface area (Å²) in [6, 6.07) is 4.71. The maximum atomic E-state index is 13.8. The molecule has 1 fully saturated rings. The van der Waals surface area contributed by atoms with Crippen molar-refractivity contribution in [3.8, 4) is 5.75 Å². The van der Waals surface area contributed by atoms with Crippen LogP contribution in [0.2, 0.25) is 0 Å². The number of aromatic nitrogens is 1. The minimum absolute atomic E-state index is 0.0104. The predicted octanol–water partition coefficient (Wildman–Crippen LogP) is 3.82. The first-order chi connectivity index (χ1) is 14.9. The lowest BCUT2D eigenvalue weighted by Gasteiger charge is -2.34. The van der Waals surface area contributed by atoms with Crippen molar-refractivity contribution in [2.24, 2.45) is 0 Å². The van der Waals surface area contributed by atoms with Gasteiger partial charge in [0.05, 0.1) is 12.0 Å². The first kappa shape index (κ1) is 25.1. The number of methoxy groups -OCH3 is 1. The molecule has 3 rings (SSSR count). The molecule has 8 heteroatoms. The number of rotatable bonds is 8. The molecular formula is C23H33F2N3O3. The summed E-state index contributed by atoms with van der Waals surface area (Å²) >= 11 is 0. The van der Waals surface area contributed by atoms with Crippen molar-refractivity contribution in [1.82, 2.24) is 15.2 Å². The highest BCUT2D eigenvalue weighted by molar-refractivity contribution is 5.89. The summed E-state index contributed by atoms with van der Waals surface area (Å²) in [5, 5.41) is 3.37. The van der Waals surface area contributed by atoms with Crippen LogP contribution in [0.3, 0.4) is 0 Å². The average Bonchev–Trinajstić information content (AvgIpc) is 2.79. The molecule has 2 heterocycles. The first-order valence-corrected chi connectivity index (χ1v) is 10.7. The molecule has 1 saturated heterocycles. The minimum atomic E-state index is -0.702. The molecule has 31 heavy (non-hydrogen) atoms. The third-order valence-corrected chi connectivity index (χ3v) is 5.38. The fourth-order valence-corrected chi connectivity index (χ4v) is 3.41. The molecule has 0 radical (unpaired) electrons. The quantitative estimate of drug-likeness (QED) is 0.500. The van der Waals surface area contributed by atoms with Gasteiger partial charge in [0.2, 0.25) is 0 Å². The molecule has 0 spiro atoms. The number of halogens is 2. The molecule has 0 bridgehead atoms. The number of fused-ring (bicyclic) bond motifs is 1. The number of aldehydes is 1. The molecule has 1 aliphatic heterocycles. The molecule has 1 N–H and O–H groups in total. The molecule has 0 saturated carbocycles. The summed E-state index contributed by atoms with van der Waals surface area (Å²) < 4.78 is 37.8. The zero-order valence-corrected chi connectivity index (χ0v) is 18.8. The van der Waals surface area contributed by atoms with E-state index in [1.165, 1.54) is 32.0 Å². The van der Waals surface area contributed by atoms with Crippen molar-refractivity contribution in [1.29, 1.82) is 0 Å². The topological polar surface area (TPSA) is 63.7 Å². The number of pyridine rings is 1. The van der Waals surface area contributed by atoms with Gasteiger partial charge < -0.3 is 14.8 Å². The minimum Gasteiger partial charge on any atom is -0.493 e. The van der Waals surface area contributed by atoms with Crippen molar-refractivity contribution < 1.29 is 23.0 Å². The molecule has 0 amide bonds. The zero-order valence-electron chi connectivity index (χ0n) is 18.8. The number of hydrogen-bond donors (Lipinski definition) is 1. The van der Waals surface area contributed by atoms with E-state index in [2.05, 4.69) is 36.1 Å². The van der Waals surface area contributed by atoms with Gasteiger partial charge in [-0.15, -0.1) is 0 Å². The van der Waals surface area contributed by atoms with E-state index in [1.54, 1.807) is 7.11 Å². The highest BCUT2D eigenvalue weighted by atomic mass is 19.1. The monoisotopic (exact) mass is 437 g/mol. The van der Waals surface area contributed by atoms with Gasteiger partial charge in [-0.1, -0.05) is 0 Å². The number of likely N-dealkylation sites (N-methyl/N-ethyl adjacent to an activating group) is 1. The molecule has 1 aromatic carbocycles. The summed E-state index contributed by atoms with van der Waals surface area (Å²) in [7, 11) is 3.78. The van der Waals surface area contributed by atoms with Gasteiger partial charge in [-0.05, 0) is 52.4 Å². The summed E-state index contributed by atoms with van der Waals surface area (Å²) in [6.45, 7) is 7.65. The fourth-order valence-electron chi connectivity index (χ4n) is 3.41. The van der Waals surface area contributed by atoms with Crippen molar-refractivity contribution in [2.75, 3.05) is 40.5 Å². The largest absolute Gasteiger partial charge is 0.493 e. The van der Waals surface area contributed by atoms with Gasteiger partial charge in [0.1, 0.15) is 28.6 Å². The smallest absolute Gasteiger partial charge is 0.168 e. The number of carbonyl (C=O) groups excluding carboxylic acids is 1. The number of benzene rings is 1. The Kier molecular flexibility index (Phi) is 10.2. The molecule has 2 aromatic rings. The summed E-state index contributed by atoms with van der Waals surface area (Å²) in [4.78, 5) is 17.1. The Bertz CT molecular complexity index is 842. The molecule has 1 aliphatic rings. The number of carbonyl (C=O) groups is 1. The van der Waals surface area contributed by atoms with Crippen molar-refractivity contribution in [2.45, 2.75) is 45.2 Å². The Morgan fingerprint density at radius 2 is 2.03 bits per heavy atom. The number of ether oxygens (including phenoxy) is 2. The molecule has 1 aromatic heterocycles. The Hall–Kier alpha value is -2.16. The van der Waals surface area contributed by atoms with Crippen LogP contribution < -0.4 is 10.1 Å². The Balaban J connectivity index is 0.000000262. The number of piperidine rings is 1. The van der Waals surface area contributed by atoms with Crippen LogP contribution in [-0.4, -0.2) is 68.7 Å². The van der Waals surface area contributed by atoms with Crippen LogP contribution in [0.1, 0.15) is 43.6 Å². The van der Waals surface area contributed by atoms with Crippen LogP contribution in [0, 0.1) is 11.6 Å². The Labute approximate surface area is 182 Å². The normalized spacial score (nSPS) is 16.3. The van der Waals surface area contributed by atoms with Crippen LogP contribution in [0.4, 0.5) is 8.78 Å². The summed E-state index contributed by atoms with van der Waals surface area (Å²) in [6.07, 6.45) is 3.75. The van der Waals surface area contributed by atoms with Crippen LogP contribution in [0.15, 0.2) is 18.2 Å². The van der Waals surface area contributed by atoms with E-state index in [0.717, 1.165) is 18.2 Å². The average molecular weight is 438 g/mol. The lowest BCUT2D eigenvalue weighted by atomic mass is 10.1. The van der Waals surface area contributed by atoms with E-state index in [1.807, 2.05) is 0 Å². The van der Waals surface area contributed by atoms with E-state index in [9.17, 15) is 13.6 Å². The van der Waals surface area contributed by atoms with Gasteiger partial charge >= 0.3 is 0 Å². The maximum Gasteiger partial charge on any atom is 0.168 e. The highest BCUT2D eigenvalue weighted by Crippen LogP contribution is 2.29. The van der Waals surface area contributed by atoms with Crippen LogP contribution in [0.25, 0.3) is 10.9 Å². The number of nitrogens with zero attached hydrogens (tertiary/aromatic N) is 2. The predicted molar refractivity (Wildman–Crippen MR) is 118 cm³/mol. The van der Waals surface area contributed by atoms with E-state index in [-0.39, 0.29) is 29.0 Å². The number of nitrogens with one attached hydrogen (secondary N) is 1. The second kappa shape index (κ2) is 12.6. The third kappa shape index (κ3) is 7.19. The van der Waals surface area contributed by atoms with Crippen molar-refractivity contribution in [3.63, 3.8) is 0 Å². The van der Waals surface area contributed by atoms with E-state index in [0.29, 0.717) is 25.4 Å². The van der Waals surface area contributed by atoms with Gasteiger partial charge in [0, 0.05) is 44.8 Å². The lowest BCUT2D eigenvalue weighted by molar-refractivity contribution is 0.111. The van der Waals surface area contributed by atoms with Gasteiger partial charge in [0.15, 0.2) is 6.29 Å². The standard InChI is InChI=1S/C14H13F2NO3.C9H20N2/c1-19-5-2-6-20-12-7-9(8-18)17-14-11(16)4-3-10(15)13(12)14;1-8(2)11(3)9-5-4-6-10-7-9/h3-4,7-8H,2,5-6H2,1H3;8-10H,4-7H2,1-3H3/t;9-/m.1/s1. The summed E-state index contributed by atoms with van der Waals surface area (Å²) in [5.74, 6) is -1.25. The van der Waals surface area contributed by atoms with E-state index < -0.39 is 11.6 Å². The molecular weight excluding hydrogens is 404 g/mol. The first-order valence-electron chi connectivity index (χ1n) is 10.7. The zero-order chi connectivity index (χ0) is 22.8. The Morgan fingerprint density at radius 3 is 2.65 bits per heavy atom. The molecule has 172 valence electrons. The van der Waals surface area contributed by atoms with Gasteiger partial charge in [-0.25, -0.2) is 13.8 Å². The molecule has 6 nitrogen and oxygen atoms in total. The second-order valence-electron chi connectivity index (χ2n) is 7.87. The van der Waals surface area contributed by atoms with Gasteiger partial charge in [-0.3, -0.25) is 9.69 Å².